The third kappa shape index (κ3) is 5.70. The van der Waals surface area contributed by atoms with Gasteiger partial charge in [-0.25, -0.2) is 0 Å². The molecule has 0 aliphatic carbocycles. The summed E-state index contributed by atoms with van der Waals surface area (Å²) in [7, 11) is 1.78. The van der Waals surface area contributed by atoms with Crippen molar-refractivity contribution >= 4 is 23.4 Å². The van der Waals surface area contributed by atoms with Crippen LogP contribution in [0.3, 0.4) is 0 Å². The van der Waals surface area contributed by atoms with E-state index in [1.165, 1.54) is 0 Å². The molecule has 3 amide bonds. The molecular formula is C25H35N3O6. The minimum Gasteiger partial charge on any atom is -0.490 e. The summed E-state index contributed by atoms with van der Waals surface area (Å²) in [6.07, 6.45) is 3.54. The van der Waals surface area contributed by atoms with E-state index in [-0.39, 0.29) is 48.5 Å². The van der Waals surface area contributed by atoms with Crippen molar-refractivity contribution in [1.82, 2.24) is 10.2 Å². The Balaban J connectivity index is 1.43. The summed E-state index contributed by atoms with van der Waals surface area (Å²) in [6, 6.07) is 5.02. The Morgan fingerprint density at radius 3 is 2.71 bits per heavy atom. The number of benzene rings is 1. The molecule has 3 atom stereocenters. The highest BCUT2D eigenvalue weighted by Crippen LogP contribution is 2.32. The van der Waals surface area contributed by atoms with E-state index in [9.17, 15) is 14.4 Å². The van der Waals surface area contributed by atoms with E-state index in [0.717, 1.165) is 12.8 Å². The Bertz CT molecular complexity index is 901. The molecular weight excluding hydrogens is 438 g/mol. The largest absolute Gasteiger partial charge is 0.490 e. The molecule has 3 heterocycles. The summed E-state index contributed by atoms with van der Waals surface area (Å²) in [6.45, 7) is 4.15. The SMILES string of the molecule is CCCNC(=O)C[C@@H]1CC[C@@H]2[C@H](COc3ccc(NC(=O)C4CCOCC4)cc3C(=O)N2C)O1. The Morgan fingerprint density at radius 2 is 1.94 bits per heavy atom. The van der Waals surface area contributed by atoms with Crippen LogP contribution in [0.15, 0.2) is 18.2 Å². The van der Waals surface area contributed by atoms with Crippen molar-refractivity contribution in [1.29, 1.82) is 0 Å². The fourth-order valence-corrected chi connectivity index (χ4v) is 4.85. The van der Waals surface area contributed by atoms with Crippen LogP contribution in [0.2, 0.25) is 0 Å². The lowest BCUT2D eigenvalue weighted by atomic mass is 9.94. The summed E-state index contributed by atoms with van der Waals surface area (Å²) in [5.74, 6) is 0.149. The van der Waals surface area contributed by atoms with Gasteiger partial charge in [0, 0.05) is 38.4 Å². The molecule has 9 heteroatoms. The summed E-state index contributed by atoms with van der Waals surface area (Å²) < 4.78 is 17.5. The molecule has 4 rings (SSSR count). The van der Waals surface area contributed by atoms with Gasteiger partial charge in [-0.05, 0) is 50.3 Å². The van der Waals surface area contributed by atoms with Gasteiger partial charge in [0.2, 0.25) is 11.8 Å². The molecule has 0 bridgehead atoms. The number of nitrogens with zero attached hydrogens (tertiary/aromatic N) is 1. The van der Waals surface area contributed by atoms with Crippen molar-refractivity contribution in [3.63, 3.8) is 0 Å². The summed E-state index contributed by atoms with van der Waals surface area (Å²) >= 11 is 0. The normalized spacial score (nSPS) is 25.3. The smallest absolute Gasteiger partial charge is 0.257 e. The van der Waals surface area contributed by atoms with Crippen LogP contribution in [0, 0.1) is 5.92 Å². The van der Waals surface area contributed by atoms with E-state index in [2.05, 4.69) is 10.6 Å². The van der Waals surface area contributed by atoms with Crippen LogP contribution in [-0.2, 0) is 19.1 Å². The van der Waals surface area contributed by atoms with Crippen molar-refractivity contribution in [3.05, 3.63) is 23.8 Å². The average molecular weight is 474 g/mol. The van der Waals surface area contributed by atoms with Crippen LogP contribution < -0.4 is 15.4 Å². The maximum Gasteiger partial charge on any atom is 0.257 e. The Morgan fingerprint density at radius 1 is 1.15 bits per heavy atom. The second-order valence-electron chi connectivity index (χ2n) is 9.31. The Hall–Kier alpha value is -2.65. The first-order valence-electron chi connectivity index (χ1n) is 12.3. The third-order valence-corrected chi connectivity index (χ3v) is 6.86. The third-order valence-electron chi connectivity index (χ3n) is 6.86. The zero-order valence-corrected chi connectivity index (χ0v) is 20.0. The van der Waals surface area contributed by atoms with Crippen LogP contribution in [0.5, 0.6) is 5.75 Å². The zero-order valence-electron chi connectivity index (χ0n) is 20.0. The lowest BCUT2D eigenvalue weighted by Gasteiger charge is -2.42. The van der Waals surface area contributed by atoms with Crippen LogP contribution in [0.25, 0.3) is 0 Å². The number of ether oxygens (including phenoxy) is 3. The number of carbonyl (C=O) groups is 3. The highest BCUT2D eigenvalue weighted by molar-refractivity contribution is 6.00. The molecule has 0 saturated carbocycles. The van der Waals surface area contributed by atoms with Gasteiger partial charge in [-0.15, -0.1) is 0 Å². The van der Waals surface area contributed by atoms with E-state index in [0.29, 0.717) is 62.4 Å². The fourth-order valence-electron chi connectivity index (χ4n) is 4.85. The second-order valence-corrected chi connectivity index (χ2v) is 9.31. The Kier molecular flexibility index (Phi) is 8.05. The van der Waals surface area contributed by atoms with Crippen LogP contribution in [-0.4, -0.2) is 74.3 Å². The standard InChI is InChI=1S/C25H35N3O6/c1-3-10-26-23(29)14-18-5-6-20-22(34-18)15-33-21-7-4-17(13-19(21)25(31)28(20)2)27-24(30)16-8-11-32-12-9-16/h4,7,13,16,18,20,22H,3,5-6,8-12,14-15H2,1-2H3,(H,26,29)(H,27,30)/t18-,20+,22-/m0/s1. The van der Waals surface area contributed by atoms with Crippen molar-refractivity contribution in [2.75, 3.05) is 38.7 Å². The molecule has 2 fully saturated rings. The van der Waals surface area contributed by atoms with Crippen molar-refractivity contribution in [2.45, 2.75) is 63.7 Å². The van der Waals surface area contributed by atoms with E-state index < -0.39 is 0 Å². The zero-order chi connectivity index (χ0) is 24.1. The quantitative estimate of drug-likeness (QED) is 0.657. The predicted octanol–water partition coefficient (Wildman–Crippen LogP) is 2.35. The van der Waals surface area contributed by atoms with Gasteiger partial charge in [-0.1, -0.05) is 6.92 Å². The van der Waals surface area contributed by atoms with E-state index in [1.807, 2.05) is 6.92 Å². The molecule has 3 aliphatic heterocycles. The van der Waals surface area contributed by atoms with Gasteiger partial charge in [0.15, 0.2) is 0 Å². The van der Waals surface area contributed by atoms with Gasteiger partial charge in [0.25, 0.3) is 5.91 Å². The van der Waals surface area contributed by atoms with Gasteiger partial charge in [-0.3, -0.25) is 14.4 Å². The number of carbonyl (C=O) groups excluding carboxylic acids is 3. The molecule has 9 nitrogen and oxygen atoms in total. The number of amides is 3. The van der Waals surface area contributed by atoms with E-state index in [1.54, 1.807) is 30.1 Å². The van der Waals surface area contributed by atoms with Crippen LogP contribution in [0.4, 0.5) is 5.69 Å². The van der Waals surface area contributed by atoms with Gasteiger partial charge >= 0.3 is 0 Å². The number of hydrogen-bond acceptors (Lipinski definition) is 6. The molecule has 1 aromatic rings. The maximum atomic E-state index is 13.4. The molecule has 0 unspecified atom stereocenters. The first-order chi connectivity index (χ1) is 16.5. The van der Waals surface area contributed by atoms with Crippen molar-refractivity contribution in [3.8, 4) is 5.75 Å². The minimum atomic E-state index is -0.312. The molecule has 186 valence electrons. The van der Waals surface area contributed by atoms with Crippen LogP contribution in [0.1, 0.15) is 55.8 Å². The first kappa shape index (κ1) is 24.5. The molecule has 0 radical (unpaired) electrons. The first-order valence-corrected chi connectivity index (χ1v) is 12.3. The number of fused-ring (bicyclic) bond motifs is 2. The van der Waals surface area contributed by atoms with Crippen molar-refractivity contribution < 1.29 is 28.6 Å². The number of anilines is 1. The van der Waals surface area contributed by atoms with Gasteiger partial charge in [0.1, 0.15) is 18.5 Å². The molecule has 1 aromatic carbocycles. The molecule has 2 N–H and O–H groups in total. The summed E-state index contributed by atoms with van der Waals surface area (Å²) in [5, 5.41) is 5.84. The number of rotatable bonds is 6. The molecule has 34 heavy (non-hydrogen) atoms. The Labute approximate surface area is 200 Å². The summed E-state index contributed by atoms with van der Waals surface area (Å²) in [5.41, 5.74) is 1.00. The van der Waals surface area contributed by atoms with E-state index >= 15 is 0 Å². The lowest BCUT2D eigenvalue weighted by Crippen LogP contribution is -2.54. The van der Waals surface area contributed by atoms with Crippen LogP contribution >= 0.6 is 0 Å². The molecule has 3 aliphatic rings. The monoisotopic (exact) mass is 473 g/mol. The topological polar surface area (TPSA) is 106 Å². The maximum absolute atomic E-state index is 13.4. The van der Waals surface area contributed by atoms with Gasteiger partial charge in [-0.2, -0.15) is 0 Å². The molecule has 0 aromatic heterocycles. The minimum absolute atomic E-state index is 0.0119. The van der Waals surface area contributed by atoms with Gasteiger partial charge in [0.05, 0.1) is 24.1 Å². The predicted molar refractivity (Wildman–Crippen MR) is 126 cm³/mol. The fraction of sp³-hybridized carbons (Fsp3) is 0.640. The molecule has 2 saturated heterocycles. The number of likely N-dealkylation sites (N-methyl/N-ethyl adjacent to an activating group) is 1. The lowest BCUT2D eigenvalue weighted by molar-refractivity contribution is -0.134. The highest BCUT2D eigenvalue weighted by atomic mass is 16.5. The van der Waals surface area contributed by atoms with E-state index in [4.69, 9.17) is 14.2 Å². The highest BCUT2D eigenvalue weighted by Gasteiger charge is 2.39. The molecule has 0 spiro atoms. The van der Waals surface area contributed by atoms with Gasteiger partial charge < -0.3 is 29.7 Å². The average Bonchev–Trinajstić information content (AvgIpc) is 2.85. The second kappa shape index (κ2) is 11.2. The van der Waals surface area contributed by atoms with Crippen molar-refractivity contribution in [2.24, 2.45) is 5.92 Å². The number of hydrogen-bond donors (Lipinski definition) is 2. The summed E-state index contributed by atoms with van der Waals surface area (Å²) in [4.78, 5) is 39.8. The number of nitrogens with one attached hydrogen (secondary N) is 2.